The van der Waals surface area contributed by atoms with E-state index in [4.69, 9.17) is 0 Å². The largest absolute Gasteiger partial charge is 0.312 e. The number of hydrogen-bond acceptors (Lipinski definition) is 6. The Morgan fingerprint density at radius 1 is 1.18 bits per heavy atom. The van der Waals surface area contributed by atoms with Crippen LogP contribution in [0.4, 0.5) is 5.69 Å². The minimum Gasteiger partial charge on any atom is -0.312 e. The summed E-state index contributed by atoms with van der Waals surface area (Å²) in [6.07, 6.45) is 5.02. The summed E-state index contributed by atoms with van der Waals surface area (Å²) >= 11 is 1.35. The predicted octanol–water partition coefficient (Wildman–Crippen LogP) is 1.67. The summed E-state index contributed by atoms with van der Waals surface area (Å²) in [4.78, 5) is 14.9. The highest BCUT2D eigenvalue weighted by molar-refractivity contribution is 7.99. The summed E-state index contributed by atoms with van der Waals surface area (Å²) in [5, 5.41) is 8.50. The smallest absolute Gasteiger partial charge is 0.243 e. The van der Waals surface area contributed by atoms with Crippen LogP contribution in [0.5, 0.6) is 0 Å². The SMILES string of the molecule is Cn1cnnc1SCC(=O)N1CCCc2cc(S(=O)(=O)N3CCCC3)ccc21. The highest BCUT2D eigenvalue weighted by Gasteiger charge is 2.29. The van der Waals surface area contributed by atoms with Crippen molar-refractivity contribution >= 4 is 33.4 Å². The lowest BCUT2D eigenvalue weighted by Gasteiger charge is -2.30. The first-order valence-corrected chi connectivity index (χ1v) is 11.8. The number of aromatic nitrogens is 3. The van der Waals surface area contributed by atoms with Gasteiger partial charge in [0.15, 0.2) is 5.16 Å². The number of amides is 1. The van der Waals surface area contributed by atoms with Gasteiger partial charge in [-0.05, 0) is 49.4 Å². The second-order valence-electron chi connectivity index (χ2n) is 7.06. The molecule has 0 saturated carbocycles. The molecule has 0 N–H and O–H groups in total. The van der Waals surface area contributed by atoms with Gasteiger partial charge in [0.05, 0.1) is 10.6 Å². The van der Waals surface area contributed by atoms with Gasteiger partial charge < -0.3 is 9.47 Å². The van der Waals surface area contributed by atoms with Crippen LogP contribution in [0.25, 0.3) is 0 Å². The van der Waals surface area contributed by atoms with E-state index in [1.807, 2.05) is 7.05 Å². The zero-order valence-corrected chi connectivity index (χ0v) is 17.4. The Labute approximate surface area is 169 Å². The molecule has 0 atom stereocenters. The van der Waals surface area contributed by atoms with Crippen molar-refractivity contribution < 1.29 is 13.2 Å². The number of benzene rings is 1. The van der Waals surface area contributed by atoms with Gasteiger partial charge in [0, 0.05) is 32.4 Å². The number of carbonyl (C=O) groups excluding carboxylic acids is 1. The topological polar surface area (TPSA) is 88.4 Å². The summed E-state index contributed by atoms with van der Waals surface area (Å²) in [5.74, 6) is 0.254. The molecule has 0 unspecified atom stereocenters. The Morgan fingerprint density at radius 3 is 2.68 bits per heavy atom. The van der Waals surface area contributed by atoms with Gasteiger partial charge in [-0.15, -0.1) is 10.2 Å². The molecule has 10 heteroatoms. The van der Waals surface area contributed by atoms with Crippen LogP contribution in [0.3, 0.4) is 0 Å². The molecule has 3 heterocycles. The number of sulfonamides is 1. The van der Waals surface area contributed by atoms with E-state index in [-0.39, 0.29) is 11.7 Å². The minimum absolute atomic E-state index is 0.0101. The van der Waals surface area contributed by atoms with E-state index in [1.165, 1.54) is 11.8 Å². The second kappa shape index (κ2) is 7.84. The van der Waals surface area contributed by atoms with Crippen molar-refractivity contribution in [1.29, 1.82) is 0 Å². The number of anilines is 1. The van der Waals surface area contributed by atoms with E-state index in [1.54, 1.807) is 38.3 Å². The van der Waals surface area contributed by atoms with Crippen LogP contribution in [-0.2, 0) is 28.3 Å². The molecule has 0 spiro atoms. The number of nitrogens with zero attached hydrogens (tertiary/aromatic N) is 5. The molecule has 0 radical (unpaired) electrons. The second-order valence-corrected chi connectivity index (χ2v) is 9.94. The molecule has 2 aliphatic heterocycles. The summed E-state index contributed by atoms with van der Waals surface area (Å²) in [5.41, 5.74) is 1.73. The van der Waals surface area contributed by atoms with Crippen molar-refractivity contribution in [3.05, 3.63) is 30.1 Å². The third-order valence-corrected chi connectivity index (χ3v) is 8.08. The van der Waals surface area contributed by atoms with E-state index in [0.717, 1.165) is 36.9 Å². The van der Waals surface area contributed by atoms with Crippen LogP contribution < -0.4 is 4.90 Å². The molecule has 2 aliphatic rings. The highest BCUT2D eigenvalue weighted by atomic mass is 32.2. The van der Waals surface area contributed by atoms with Gasteiger partial charge in [-0.2, -0.15) is 4.31 Å². The first kappa shape index (κ1) is 19.4. The van der Waals surface area contributed by atoms with Crippen LogP contribution in [0.2, 0.25) is 0 Å². The Balaban J connectivity index is 1.53. The zero-order valence-electron chi connectivity index (χ0n) is 15.7. The van der Waals surface area contributed by atoms with E-state index >= 15 is 0 Å². The number of hydrogen-bond donors (Lipinski definition) is 0. The fourth-order valence-electron chi connectivity index (χ4n) is 3.68. The third-order valence-electron chi connectivity index (χ3n) is 5.17. The van der Waals surface area contributed by atoms with Crippen molar-refractivity contribution in [1.82, 2.24) is 19.1 Å². The van der Waals surface area contributed by atoms with Crippen molar-refractivity contribution in [2.24, 2.45) is 7.05 Å². The van der Waals surface area contributed by atoms with Crippen LogP contribution in [0.1, 0.15) is 24.8 Å². The van der Waals surface area contributed by atoms with Gasteiger partial charge in [0.2, 0.25) is 15.9 Å². The van der Waals surface area contributed by atoms with E-state index in [2.05, 4.69) is 10.2 Å². The highest BCUT2D eigenvalue weighted by Crippen LogP contribution is 2.32. The Morgan fingerprint density at radius 2 is 1.96 bits per heavy atom. The fourth-order valence-corrected chi connectivity index (χ4v) is 6.01. The summed E-state index contributed by atoms with van der Waals surface area (Å²) in [6, 6.07) is 5.16. The molecule has 4 rings (SSSR count). The van der Waals surface area contributed by atoms with Gasteiger partial charge in [-0.3, -0.25) is 4.79 Å². The molecule has 0 aliphatic carbocycles. The first-order chi connectivity index (χ1) is 13.5. The number of carbonyl (C=O) groups is 1. The monoisotopic (exact) mass is 421 g/mol. The van der Waals surface area contributed by atoms with E-state index in [0.29, 0.717) is 29.7 Å². The summed E-state index contributed by atoms with van der Waals surface area (Å²) in [7, 11) is -1.61. The lowest BCUT2D eigenvalue weighted by atomic mass is 10.0. The lowest BCUT2D eigenvalue weighted by molar-refractivity contribution is -0.116. The van der Waals surface area contributed by atoms with E-state index in [9.17, 15) is 13.2 Å². The molecular formula is C18H23N5O3S2. The minimum atomic E-state index is -3.45. The van der Waals surface area contributed by atoms with Crippen molar-refractivity contribution in [3.8, 4) is 0 Å². The molecule has 8 nitrogen and oxygen atoms in total. The molecule has 0 bridgehead atoms. The van der Waals surface area contributed by atoms with Gasteiger partial charge in [0.25, 0.3) is 0 Å². The summed E-state index contributed by atoms with van der Waals surface area (Å²) in [6.45, 7) is 1.82. The van der Waals surface area contributed by atoms with Gasteiger partial charge in [-0.25, -0.2) is 8.42 Å². The molecular weight excluding hydrogens is 398 g/mol. The maximum atomic E-state index is 12.8. The molecule has 1 aromatic carbocycles. The molecule has 150 valence electrons. The number of thioether (sulfide) groups is 1. The standard InChI is InChI=1S/C18H23N5O3S2/c1-21-13-19-20-18(21)27-12-17(24)23-10-4-5-14-11-15(6-7-16(14)23)28(25,26)22-8-2-3-9-22/h6-7,11,13H,2-5,8-10,12H2,1H3. The first-order valence-electron chi connectivity index (χ1n) is 9.37. The van der Waals surface area contributed by atoms with Crippen LogP contribution >= 0.6 is 11.8 Å². The maximum Gasteiger partial charge on any atom is 0.243 e. The Bertz CT molecular complexity index is 983. The number of fused-ring (bicyclic) bond motifs is 1. The van der Waals surface area contributed by atoms with Crippen molar-refractivity contribution in [2.75, 3.05) is 30.3 Å². The fraction of sp³-hybridized carbons (Fsp3) is 0.500. The van der Waals surface area contributed by atoms with Gasteiger partial charge >= 0.3 is 0 Å². The van der Waals surface area contributed by atoms with Crippen LogP contribution in [0.15, 0.2) is 34.6 Å². The third kappa shape index (κ3) is 3.68. The number of rotatable bonds is 5. The van der Waals surface area contributed by atoms with Crippen molar-refractivity contribution in [2.45, 2.75) is 35.7 Å². The quantitative estimate of drug-likeness (QED) is 0.683. The molecule has 1 saturated heterocycles. The zero-order chi connectivity index (χ0) is 19.7. The number of aryl methyl sites for hydroxylation is 2. The average molecular weight is 422 g/mol. The molecule has 1 aromatic heterocycles. The predicted molar refractivity (Wildman–Crippen MR) is 107 cm³/mol. The van der Waals surface area contributed by atoms with E-state index < -0.39 is 10.0 Å². The normalized spacial score (nSPS) is 17.7. The summed E-state index contributed by atoms with van der Waals surface area (Å²) < 4.78 is 29.0. The maximum absolute atomic E-state index is 12.8. The molecule has 1 fully saturated rings. The molecule has 1 amide bonds. The molecule has 2 aromatic rings. The average Bonchev–Trinajstić information content (AvgIpc) is 3.37. The molecule has 28 heavy (non-hydrogen) atoms. The van der Waals surface area contributed by atoms with Crippen molar-refractivity contribution in [3.63, 3.8) is 0 Å². The Kier molecular flexibility index (Phi) is 5.44. The van der Waals surface area contributed by atoms with Gasteiger partial charge in [0.1, 0.15) is 6.33 Å². The lowest BCUT2D eigenvalue weighted by Crippen LogP contribution is -2.37. The van der Waals surface area contributed by atoms with Crippen LogP contribution in [-0.4, -0.2) is 58.8 Å². The van der Waals surface area contributed by atoms with Gasteiger partial charge in [-0.1, -0.05) is 11.8 Å². The van der Waals surface area contributed by atoms with Crippen LogP contribution in [0, 0.1) is 0 Å². The Hall–Kier alpha value is -1.91.